The van der Waals surface area contributed by atoms with Gasteiger partial charge in [-0.1, -0.05) is 12.1 Å². The summed E-state index contributed by atoms with van der Waals surface area (Å²) in [5.74, 6) is 0. The third-order valence-electron chi connectivity index (χ3n) is 4.72. The predicted octanol–water partition coefficient (Wildman–Crippen LogP) is 3.19. The first-order valence-corrected chi connectivity index (χ1v) is 13.1. The predicted molar refractivity (Wildman–Crippen MR) is 118 cm³/mol. The monoisotopic (exact) mass is 515 g/mol. The summed E-state index contributed by atoms with van der Waals surface area (Å²) in [4.78, 5) is -3.16. The maximum Gasteiger partial charge on any atom is 0.298 e. The van der Waals surface area contributed by atoms with Gasteiger partial charge >= 0.3 is 0 Å². The molecule has 3 rings (SSSR count). The normalized spacial score (nSPS) is 13.1. The molecular formula is C18H17N3O9S3. The van der Waals surface area contributed by atoms with Crippen LogP contribution < -0.4 is 5.73 Å². The van der Waals surface area contributed by atoms with Crippen LogP contribution in [0.4, 0.5) is 17.1 Å². The summed E-state index contributed by atoms with van der Waals surface area (Å²) in [5, 5.41) is 6.96. The van der Waals surface area contributed by atoms with Crippen LogP contribution in [0, 0.1) is 13.8 Å². The van der Waals surface area contributed by atoms with Gasteiger partial charge in [0.1, 0.15) is 26.1 Å². The molecule has 5 N–H and O–H groups in total. The van der Waals surface area contributed by atoms with E-state index in [-0.39, 0.29) is 22.1 Å². The molecule has 0 aliphatic carbocycles. The first-order chi connectivity index (χ1) is 15.0. The van der Waals surface area contributed by atoms with E-state index >= 15 is 0 Å². The molecule has 0 bridgehead atoms. The molecule has 0 saturated heterocycles. The summed E-state index contributed by atoms with van der Waals surface area (Å²) in [7, 11) is -15.4. The number of nitrogens with two attached hydrogens (primary N) is 1. The summed E-state index contributed by atoms with van der Waals surface area (Å²) >= 11 is 0. The molecule has 0 aromatic heterocycles. The summed E-state index contributed by atoms with van der Waals surface area (Å²) in [5.41, 5.74) is 5.50. The first kappa shape index (κ1) is 24.7. The molecule has 176 valence electrons. The van der Waals surface area contributed by atoms with Gasteiger partial charge in [0, 0.05) is 11.1 Å². The molecule has 0 aliphatic rings. The maximum absolute atomic E-state index is 12.1. The minimum absolute atomic E-state index is 0.0269. The smallest absolute Gasteiger partial charge is 0.298 e. The van der Waals surface area contributed by atoms with Crippen LogP contribution in [-0.2, 0) is 30.4 Å². The molecule has 0 heterocycles. The minimum Gasteiger partial charge on any atom is -0.398 e. The molecule has 0 fully saturated rings. The SMILES string of the molecule is Cc1cc(N=Nc2cc3cccc(N)c3c(S(=O)(=O)O)c2S(=O)(=O)O)c(S(=O)(=O)O)cc1C. The molecule has 3 aromatic rings. The quantitative estimate of drug-likeness (QED) is 0.221. The van der Waals surface area contributed by atoms with E-state index in [4.69, 9.17) is 5.73 Å². The van der Waals surface area contributed by atoms with Crippen molar-refractivity contribution in [1.29, 1.82) is 0 Å². The minimum atomic E-state index is -5.33. The van der Waals surface area contributed by atoms with Crippen molar-refractivity contribution >= 4 is 58.2 Å². The fourth-order valence-corrected chi connectivity index (χ4v) is 6.01. The Morgan fingerprint density at radius 2 is 1.27 bits per heavy atom. The fourth-order valence-electron chi connectivity index (χ4n) is 3.15. The Bertz CT molecular complexity index is 1660. The van der Waals surface area contributed by atoms with Crippen LogP contribution in [0.2, 0.25) is 0 Å². The van der Waals surface area contributed by atoms with E-state index in [0.29, 0.717) is 11.1 Å². The number of nitrogen functional groups attached to an aromatic ring is 1. The average Bonchev–Trinajstić information content (AvgIpc) is 2.65. The lowest BCUT2D eigenvalue weighted by Crippen LogP contribution is -2.10. The average molecular weight is 516 g/mol. The summed E-state index contributed by atoms with van der Waals surface area (Å²) in [6.07, 6.45) is 0. The van der Waals surface area contributed by atoms with Crippen LogP contribution in [0.15, 0.2) is 61.3 Å². The van der Waals surface area contributed by atoms with E-state index in [9.17, 15) is 38.9 Å². The Balaban J connectivity index is 2.46. The van der Waals surface area contributed by atoms with Crippen molar-refractivity contribution < 1.29 is 38.9 Å². The number of fused-ring (bicyclic) bond motifs is 1. The summed E-state index contributed by atoms with van der Waals surface area (Å²) in [6.45, 7) is 3.19. The van der Waals surface area contributed by atoms with Crippen LogP contribution in [-0.4, -0.2) is 38.9 Å². The number of nitrogens with zero attached hydrogens (tertiary/aromatic N) is 2. The number of hydrogen-bond acceptors (Lipinski definition) is 9. The molecule has 3 aromatic carbocycles. The van der Waals surface area contributed by atoms with Gasteiger partial charge in [0.15, 0.2) is 0 Å². The Labute approximate surface area is 189 Å². The Morgan fingerprint density at radius 3 is 1.82 bits per heavy atom. The molecule has 0 aliphatic heterocycles. The van der Waals surface area contributed by atoms with Gasteiger partial charge in [0.2, 0.25) is 0 Å². The molecular weight excluding hydrogens is 498 g/mol. The molecule has 0 unspecified atom stereocenters. The Hall–Kier alpha value is -2.95. The van der Waals surface area contributed by atoms with Crippen LogP contribution in [0.1, 0.15) is 11.1 Å². The maximum atomic E-state index is 12.1. The van der Waals surface area contributed by atoms with Gasteiger partial charge in [-0.2, -0.15) is 25.3 Å². The van der Waals surface area contributed by atoms with Crippen molar-refractivity contribution in [3.63, 3.8) is 0 Å². The number of azo groups is 1. The van der Waals surface area contributed by atoms with E-state index < -0.39 is 50.7 Å². The lowest BCUT2D eigenvalue weighted by atomic mass is 10.1. The highest BCUT2D eigenvalue weighted by atomic mass is 32.2. The van der Waals surface area contributed by atoms with Gasteiger partial charge in [0.25, 0.3) is 30.4 Å². The lowest BCUT2D eigenvalue weighted by molar-refractivity contribution is 0.468. The van der Waals surface area contributed by atoms with Gasteiger partial charge in [-0.05, 0) is 54.6 Å². The van der Waals surface area contributed by atoms with Gasteiger partial charge in [0.05, 0.1) is 0 Å². The number of benzene rings is 3. The van der Waals surface area contributed by atoms with Gasteiger partial charge < -0.3 is 5.73 Å². The standard InChI is InChI=1S/C18H17N3O9S3/c1-9-6-13(15(7-10(9)2)31(22,23)24)20-21-14-8-11-4-3-5-12(19)16(11)18(33(28,29)30)17(14)32(25,26)27/h3-8H,19H2,1-2H3,(H,22,23,24)(H,25,26,27)(H,28,29,30). The van der Waals surface area contributed by atoms with E-state index in [2.05, 4.69) is 10.2 Å². The topological polar surface area (TPSA) is 214 Å². The summed E-state index contributed by atoms with van der Waals surface area (Å²) in [6, 6.07) is 7.40. The lowest BCUT2D eigenvalue weighted by Gasteiger charge is -2.13. The number of aryl methyl sites for hydroxylation is 2. The zero-order chi connectivity index (χ0) is 24.9. The van der Waals surface area contributed by atoms with Gasteiger partial charge in [-0.25, -0.2) is 0 Å². The van der Waals surface area contributed by atoms with E-state index in [1.807, 2.05) is 0 Å². The molecule has 0 saturated carbocycles. The molecule has 0 radical (unpaired) electrons. The highest BCUT2D eigenvalue weighted by molar-refractivity contribution is 7.89. The van der Waals surface area contributed by atoms with Crippen molar-refractivity contribution in [2.75, 3.05) is 5.73 Å². The van der Waals surface area contributed by atoms with Crippen LogP contribution in [0.5, 0.6) is 0 Å². The molecule has 12 nitrogen and oxygen atoms in total. The summed E-state index contributed by atoms with van der Waals surface area (Å²) < 4.78 is 101. The van der Waals surface area contributed by atoms with Crippen LogP contribution in [0.25, 0.3) is 10.8 Å². The molecule has 0 atom stereocenters. The second-order valence-corrected chi connectivity index (χ2v) is 11.1. The van der Waals surface area contributed by atoms with Crippen molar-refractivity contribution in [1.82, 2.24) is 0 Å². The van der Waals surface area contributed by atoms with E-state index in [0.717, 1.165) is 12.1 Å². The third kappa shape index (κ3) is 4.87. The number of rotatable bonds is 5. The Kier molecular flexibility index (Phi) is 6.08. The zero-order valence-corrected chi connectivity index (χ0v) is 19.4. The van der Waals surface area contributed by atoms with Crippen molar-refractivity contribution in [3.05, 3.63) is 47.5 Å². The molecule has 0 spiro atoms. The second kappa shape index (κ2) is 8.12. The number of hydrogen-bond donors (Lipinski definition) is 4. The van der Waals surface area contributed by atoms with Gasteiger partial charge in [-0.15, -0.1) is 10.2 Å². The van der Waals surface area contributed by atoms with Crippen LogP contribution >= 0.6 is 0 Å². The number of anilines is 1. The second-order valence-electron chi connectivity index (χ2n) is 7.03. The van der Waals surface area contributed by atoms with E-state index in [1.54, 1.807) is 13.8 Å². The molecule has 15 heteroatoms. The van der Waals surface area contributed by atoms with Gasteiger partial charge in [-0.3, -0.25) is 13.7 Å². The molecule has 33 heavy (non-hydrogen) atoms. The van der Waals surface area contributed by atoms with Crippen LogP contribution in [0.3, 0.4) is 0 Å². The Morgan fingerprint density at radius 1 is 0.727 bits per heavy atom. The largest absolute Gasteiger partial charge is 0.398 e. The zero-order valence-electron chi connectivity index (χ0n) is 17.0. The highest BCUT2D eigenvalue weighted by Crippen LogP contribution is 2.41. The molecule has 0 amide bonds. The highest BCUT2D eigenvalue weighted by Gasteiger charge is 2.31. The third-order valence-corrected chi connectivity index (χ3v) is 7.59. The first-order valence-electron chi connectivity index (χ1n) is 8.82. The fraction of sp³-hybridized carbons (Fsp3) is 0.111. The van der Waals surface area contributed by atoms with Crippen molar-refractivity contribution in [2.24, 2.45) is 10.2 Å². The van der Waals surface area contributed by atoms with Crippen molar-refractivity contribution in [3.8, 4) is 0 Å². The van der Waals surface area contributed by atoms with Crippen molar-refractivity contribution in [2.45, 2.75) is 28.5 Å². The van der Waals surface area contributed by atoms with E-state index in [1.165, 1.54) is 24.3 Å².